The molecule has 11 heavy (non-hydrogen) atoms. The highest BCUT2D eigenvalue weighted by Gasteiger charge is 2.36. The third-order valence-corrected chi connectivity index (χ3v) is 2.56. The first-order valence-electron chi connectivity index (χ1n) is 3.91. The van der Waals surface area contributed by atoms with E-state index in [1.807, 2.05) is 0 Å². The summed E-state index contributed by atoms with van der Waals surface area (Å²) in [6, 6.07) is -0.00231. The summed E-state index contributed by atoms with van der Waals surface area (Å²) in [5.41, 5.74) is 0.765. The lowest BCUT2D eigenvalue weighted by Gasteiger charge is -2.37. The number of carbonyl (C=O) groups excluding carboxylic acids is 1. The Bertz CT molecular complexity index is 224. The van der Waals surface area contributed by atoms with Crippen molar-refractivity contribution in [3.63, 3.8) is 0 Å². The fourth-order valence-electron chi connectivity index (χ4n) is 1.88. The normalized spacial score (nSPS) is 39.4. The van der Waals surface area contributed by atoms with E-state index in [-0.39, 0.29) is 17.9 Å². The highest BCUT2D eigenvalue weighted by atomic mass is 19.1. The van der Waals surface area contributed by atoms with Crippen molar-refractivity contribution in [2.75, 3.05) is 0 Å². The highest BCUT2D eigenvalue weighted by molar-refractivity contribution is 5.82. The Hall–Kier alpha value is -0.860. The van der Waals surface area contributed by atoms with Crippen molar-refractivity contribution < 1.29 is 9.18 Å². The quantitative estimate of drug-likeness (QED) is 0.558. The van der Waals surface area contributed by atoms with Gasteiger partial charge in [0.1, 0.15) is 0 Å². The van der Waals surface area contributed by atoms with Gasteiger partial charge in [-0.15, -0.1) is 0 Å². The summed E-state index contributed by atoms with van der Waals surface area (Å²) in [5.74, 6) is 0.147. The van der Waals surface area contributed by atoms with Gasteiger partial charge in [-0.2, -0.15) is 0 Å². The topological polar surface area (TPSA) is 29.1 Å². The monoisotopic (exact) mass is 155 g/mol. The number of nitrogens with one attached hydrogen (secondary N) is 1. The van der Waals surface area contributed by atoms with Crippen molar-refractivity contribution in [3.8, 4) is 0 Å². The van der Waals surface area contributed by atoms with E-state index in [1.165, 1.54) is 0 Å². The van der Waals surface area contributed by atoms with Crippen molar-refractivity contribution in [3.05, 3.63) is 11.9 Å². The van der Waals surface area contributed by atoms with Crippen LogP contribution in [0.1, 0.15) is 19.3 Å². The Labute approximate surface area is 64.5 Å². The smallest absolute Gasteiger partial charge is 0.223 e. The number of carbonyl (C=O) groups is 1. The van der Waals surface area contributed by atoms with Crippen LogP contribution < -0.4 is 5.32 Å². The molecule has 0 unspecified atom stereocenters. The van der Waals surface area contributed by atoms with Crippen LogP contribution in [0.4, 0.5) is 4.39 Å². The van der Waals surface area contributed by atoms with Crippen LogP contribution >= 0.6 is 0 Å². The first kappa shape index (κ1) is 6.83. The fraction of sp³-hybridized carbons (Fsp3) is 0.625. The van der Waals surface area contributed by atoms with E-state index < -0.39 is 0 Å². The second-order valence-electron chi connectivity index (χ2n) is 3.22. The first-order valence-corrected chi connectivity index (χ1v) is 3.91. The van der Waals surface area contributed by atoms with Crippen LogP contribution in [0.2, 0.25) is 0 Å². The van der Waals surface area contributed by atoms with Gasteiger partial charge < -0.3 is 5.32 Å². The molecule has 0 radical (unpaired) electrons. The van der Waals surface area contributed by atoms with Gasteiger partial charge >= 0.3 is 0 Å². The van der Waals surface area contributed by atoms with Gasteiger partial charge in [0.2, 0.25) is 5.91 Å². The maximum Gasteiger partial charge on any atom is 0.223 e. The summed E-state index contributed by atoms with van der Waals surface area (Å²) in [6.45, 7) is 0. The molecule has 3 fully saturated rings. The van der Waals surface area contributed by atoms with E-state index in [4.69, 9.17) is 0 Å². The number of piperidine rings is 2. The number of hydrogen-bond acceptors (Lipinski definition) is 1. The molecule has 1 aliphatic carbocycles. The number of rotatable bonds is 0. The molecule has 1 amide bonds. The van der Waals surface area contributed by atoms with Crippen molar-refractivity contribution in [1.29, 1.82) is 0 Å². The zero-order chi connectivity index (χ0) is 7.84. The van der Waals surface area contributed by atoms with Crippen LogP contribution in [0.3, 0.4) is 0 Å². The minimum Gasteiger partial charge on any atom is -0.349 e. The second kappa shape index (κ2) is 2.32. The van der Waals surface area contributed by atoms with E-state index >= 15 is 0 Å². The summed E-state index contributed by atoms with van der Waals surface area (Å²) in [6.07, 6.45) is 3.11. The Balaban J connectivity index is 2.22. The molecule has 2 atom stereocenters. The molecule has 0 aromatic rings. The molecule has 2 heterocycles. The molecular formula is C8H10FNO. The Kier molecular flexibility index (Phi) is 1.44. The molecule has 1 saturated carbocycles. The second-order valence-corrected chi connectivity index (χ2v) is 3.22. The van der Waals surface area contributed by atoms with E-state index in [1.54, 1.807) is 0 Å². The molecule has 0 aromatic heterocycles. The van der Waals surface area contributed by atoms with Crippen LogP contribution in [-0.2, 0) is 4.79 Å². The van der Waals surface area contributed by atoms with Crippen LogP contribution in [0.15, 0.2) is 11.9 Å². The summed E-state index contributed by atoms with van der Waals surface area (Å²) in [5, 5.41) is 2.77. The lowest BCUT2D eigenvalue weighted by molar-refractivity contribution is -0.129. The minimum absolute atomic E-state index is 0.00231. The van der Waals surface area contributed by atoms with Gasteiger partial charge in [0, 0.05) is 5.92 Å². The third kappa shape index (κ3) is 0.951. The number of fused-ring (bicyclic) bond motifs is 3. The van der Waals surface area contributed by atoms with Crippen molar-refractivity contribution >= 4 is 5.91 Å². The molecular weight excluding hydrogens is 145 g/mol. The SMILES string of the molecule is O=C1N[C@H]2CC[C@H]1C/C2=C/F. The summed E-state index contributed by atoms with van der Waals surface area (Å²) < 4.78 is 12.2. The van der Waals surface area contributed by atoms with Crippen molar-refractivity contribution in [1.82, 2.24) is 5.32 Å². The zero-order valence-corrected chi connectivity index (χ0v) is 6.14. The van der Waals surface area contributed by atoms with Gasteiger partial charge in [0.15, 0.2) is 0 Å². The zero-order valence-electron chi connectivity index (χ0n) is 6.14. The first-order chi connectivity index (χ1) is 5.31. The van der Waals surface area contributed by atoms with Gasteiger partial charge in [-0.25, -0.2) is 4.39 Å². The Morgan fingerprint density at radius 2 is 2.36 bits per heavy atom. The molecule has 0 spiro atoms. The molecule has 2 aliphatic heterocycles. The van der Waals surface area contributed by atoms with Crippen LogP contribution in [0.25, 0.3) is 0 Å². The van der Waals surface area contributed by atoms with E-state index in [2.05, 4.69) is 5.32 Å². The molecule has 2 nitrogen and oxygen atoms in total. The molecule has 2 saturated heterocycles. The van der Waals surface area contributed by atoms with Crippen LogP contribution in [0.5, 0.6) is 0 Å². The Morgan fingerprint density at radius 3 is 2.82 bits per heavy atom. The highest BCUT2D eigenvalue weighted by Crippen LogP contribution is 2.33. The number of hydrogen-bond donors (Lipinski definition) is 1. The average Bonchev–Trinajstić information content (AvgIpc) is 2.05. The molecule has 3 heteroatoms. The molecule has 0 aromatic carbocycles. The predicted molar refractivity (Wildman–Crippen MR) is 38.5 cm³/mol. The number of amides is 1. The third-order valence-electron chi connectivity index (χ3n) is 2.56. The number of halogens is 1. The summed E-state index contributed by atoms with van der Waals surface area (Å²) in [4.78, 5) is 11.1. The molecule has 2 bridgehead atoms. The van der Waals surface area contributed by atoms with Gasteiger partial charge in [0.05, 0.1) is 12.4 Å². The molecule has 3 aliphatic rings. The largest absolute Gasteiger partial charge is 0.349 e. The van der Waals surface area contributed by atoms with Crippen molar-refractivity contribution in [2.24, 2.45) is 5.92 Å². The van der Waals surface area contributed by atoms with Crippen LogP contribution in [0, 0.1) is 5.92 Å². The molecule has 1 N–H and O–H groups in total. The van der Waals surface area contributed by atoms with Gasteiger partial charge in [-0.3, -0.25) is 4.79 Å². The van der Waals surface area contributed by atoms with Crippen molar-refractivity contribution in [2.45, 2.75) is 25.3 Å². The summed E-state index contributed by atoms with van der Waals surface area (Å²) >= 11 is 0. The average molecular weight is 155 g/mol. The van der Waals surface area contributed by atoms with Gasteiger partial charge in [-0.05, 0) is 24.8 Å². The minimum atomic E-state index is -0.00231. The van der Waals surface area contributed by atoms with Crippen LogP contribution in [-0.4, -0.2) is 11.9 Å². The van der Waals surface area contributed by atoms with E-state index in [9.17, 15) is 9.18 Å². The van der Waals surface area contributed by atoms with Gasteiger partial charge in [0.25, 0.3) is 0 Å². The standard InChI is InChI=1S/C8H10FNO/c9-4-6-3-5-1-2-7(6)10-8(5)11/h4-5,7H,1-3H2,(H,10,11)/b6-4-/t5-,7-/m0/s1. The molecule has 60 valence electrons. The fourth-order valence-corrected chi connectivity index (χ4v) is 1.88. The van der Waals surface area contributed by atoms with E-state index in [0.717, 1.165) is 18.4 Å². The molecule has 3 rings (SSSR count). The maximum atomic E-state index is 12.2. The maximum absolute atomic E-state index is 12.2. The van der Waals surface area contributed by atoms with Gasteiger partial charge in [-0.1, -0.05) is 0 Å². The van der Waals surface area contributed by atoms with E-state index in [0.29, 0.717) is 12.8 Å². The lowest BCUT2D eigenvalue weighted by Crippen LogP contribution is -2.50. The lowest BCUT2D eigenvalue weighted by atomic mass is 9.78. The Morgan fingerprint density at radius 1 is 1.55 bits per heavy atom. The summed E-state index contributed by atoms with van der Waals surface area (Å²) in [7, 11) is 0. The predicted octanol–water partition coefficient (Wildman–Crippen LogP) is 1.14.